The molecule has 1 saturated heterocycles. The first-order valence-electron chi connectivity index (χ1n) is 5.61. The highest BCUT2D eigenvalue weighted by molar-refractivity contribution is 7.98. The number of rotatable bonds is 4. The van der Waals surface area contributed by atoms with Gasteiger partial charge in [-0.1, -0.05) is 18.2 Å². The van der Waals surface area contributed by atoms with Gasteiger partial charge in [-0.25, -0.2) is 4.98 Å². The zero-order valence-electron chi connectivity index (χ0n) is 9.89. The van der Waals surface area contributed by atoms with E-state index >= 15 is 0 Å². The third kappa shape index (κ3) is 4.69. The van der Waals surface area contributed by atoms with Crippen LogP contribution in [0.5, 0.6) is 5.88 Å². The Morgan fingerprint density at radius 3 is 3.12 bits per heavy atom. The molecule has 0 radical (unpaired) electrons. The van der Waals surface area contributed by atoms with Crippen LogP contribution in [0.1, 0.15) is 19.3 Å². The Bertz CT molecular complexity index is 334. The van der Waals surface area contributed by atoms with Crippen LogP contribution in [-0.2, 0) is 0 Å². The fourth-order valence-corrected chi connectivity index (χ4v) is 2.10. The summed E-state index contributed by atoms with van der Waals surface area (Å²) in [6.45, 7) is 1.80. The predicted octanol–water partition coefficient (Wildman–Crippen LogP) is 2.14. The van der Waals surface area contributed by atoms with Crippen LogP contribution < -0.4 is 10.1 Å². The largest absolute Gasteiger partial charge is 0.476 e. The number of aromatic nitrogens is 2. The molecule has 0 aliphatic carbocycles. The van der Waals surface area contributed by atoms with Gasteiger partial charge in [-0.05, 0) is 25.6 Å². The smallest absolute Gasteiger partial charge is 0.217 e. The molecule has 0 bridgehead atoms. The number of thioether (sulfide) groups is 1. The van der Waals surface area contributed by atoms with Crippen LogP contribution in [0.3, 0.4) is 0 Å². The van der Waals surface area contributed by atoms with Crippen molar-refractivity contribution in [2.45, 2.75) is 30.5 Å². The Balaban J connectivity index is 0.00000144. The van der Waals surface area contributed by atoms with E-state index in [4.69, 9.17) is 4.74 Å². The number of halogens is 1. The molecule has 1 N–H and O–H groups in total. The number of hydrogen-bond acceptors (Lipinski definition) is 5. The molecule has 1 aliphatic heterocycles. The Morgan fingerprint density at radius 2 is 2.41 bits per heavy atom. The molecule has 2 heterocycles. The van der Waals surface area contributed by atoms with Crippen LogP contribution in [0.2, 0.25) is 0 Å². The molecule has 1 aromatic rings. The van der Waals surface area contributed by atoms with Crippen molar-refractivity contribution < 1.29 is 4.74 Å². The van der Waals surface area contributed by atoms with E-state index in [0.717, 1.165) is 11.7 Å². The SMILES string of the molecule is CSc1nccc(OCC2CCCCN2)n1.Cl. The summed E-state index contributed by atoms with van der Waals surface area (Å²) in [4.78, 5) is 8.39. The maximum atomic E-state index is 5.66. The minimum atomic E-state index is 0. The average Bonchev–Trinajstić information content (AvgIpc) is 2.38. The average molecular weight is 276 g/mol. The second-order valence-corrected chi connectivity index (χ2v) is 4.61. The molecular weight excluding hydrogens is 258 g/mol. The van der Waals surface area contributed by atoms with Crippen molar-refractivity contribution in [3.05, 3.63) is 12.3 Å². The number of nitrogens with one attached hydrogen (secondary N) is 1. The minimum absolute atomic E-state index is 0. The van der Waals surface area contributed by atoms with Gasteiger partial charge in [-0.3, -0.25) is 0 Å². The molecule has 0 spiro atoms. The Morgan fingerprint density at radius 1 is 1.53 bits per heavy atom. The summed E-state index contributed by atoms with van der Waals surface area (Å²) in [6.07, 6.45) is 7.46. The van der Waals surface area contributed by atoms with Crippen molar-refractivity contribution >= 4 is 24.2 Å². The highest BCUT2D eigenvalue weighted by Crippen LogP contribution is 2.14. The zero-order chi connectivity index (χ0) is 11.2. The third-order valence-electron chi connectivity index (χ3n) is 2.64. The second kappa shape index (κ2) is 7.74. The Kier molecular flexibility index (Phi) is 6.62. The standard InChI is InChI=1S/C11H17N3OS.ClH/c1-16-11-13-7-5-10(14-11)15-8-9-4-2-3-6-12-9;/h5,7,9,12H,2-4,6,8H2,1H3;1H. The molecule has 17 heavy (non-hydrogen) atoms. The topological polar surface area (TPSA) is 47.0 Å². The maximum absolute atomic E-state index is 5.66. The van der Waals surface area contributed by atoms with Crippen molar-refractivity contribution in [2.24, 2.45) is 0 Å². The molecule has 1 atom stereocenters. The molecule has 1 unspecified atom stereocenters. The van der Waals surface area contributed by atoms with Gasteiger partial charge >= 0.3 is 0 Å². The molecule has 0 aromatic carbocycles. The summed E-state index contributed by atoms with van der Waals surface area (Å²) in [7, 11) is 0. The zero-order valence-corrected chi connectivity index (χ0v) is 11.5. The number of nitrogens with zero attached hydrogens (tertiary/aromatic N) is 2. The fourth-order valence-electron chi connectivity index (χ4n) is 1.76. The van der Waals surface area contributed by atoms with Gasteiger partial charge in [0, 0.05) is 18.3 Å². The maximum Gasteiger partial charge on any atom is 0.217 e. The van der Waals surface area contributed by atoms with Crippen LogP contribution in [0.25, 0.3) is 0 Å². The van der Waals surface area contributed by atoms with Crippen LogP contribution in [-0.4, -0.2) is 35.4 Å². The molecule has 1 aliphatic rings. The minimum Gasteiger partial charge on any atom is -0.476 e. The van der Waals surface area contributed by atoms with Crippen LogP contribution in [0, 0.1) is 0 Å². The number of ether oxygens (including phenoxy) is 1. The van der Waals surface area contributed by atoms with Crippen molar-refractivity contribution in [3.63, 3.8) is 0 Å². The summed E-state index contributed by atoms with van der Waals surface area (Å²) in [5.41, 5.74) is 0. The van der Waals surface area contributed by atoms with E-state index in [2.05, 4.69) is 15.3 Å². The first kappa shape index (κ1) is 14.5. The van der Waals surface area contributed by atoms with Crippen molar-refractivity contribution in [2.75, 3.05) is 19.4 Å². The van der Waals surface area contributed by atoms with Crippen LogP contribution in [0.4, 0.5) is 0 Å². The number of piperidine rings is 1. The van der Waals surface area contributed by atoms with E-state index in [9.17, 15) is 0 Å². The Hall–Kier alpha value is -0.520. The lowest BCUT2D eigenvalue weighted by atomic mass is 10.1. The lowest BCUT2D eigenvalue weighted by Crippen LogP contribution is -2.38. The molecule has 2 rings (SSSR count). The summed E-state index contributed by atoms with van der Waals surface area (Å²) in [5, 5.41) is 4.20. The summed E-state index contributed by atoms with van der Waals surface area (Å²) in [5.74, 6) is 0.673. The predicted molar refractivity (Wildman–Crippen MR) is 72.2 cm³/mol. The monoisotopic (exact) mass is 275 g/mol. The van der Waals surface area contributed by atoms with Gasteiger partial charge in [-0.15, -0.1) is 12.4 Å². The summed E-state index contributed by atoms with van der Waals surface area (Å²) < 4.78 is 5.66. The quantitative estimate of drug-likeness (QED) is 0.674. The van der Waals surface area contributed by atoms with Gasteiger partial charge < -0.3 is 10.1 Å². The summed E-state index contributed by atoms with van der Waals surface area (Å²) >= 11 is 1.53. The molecule has 0 saturated carbocycles. The molecule has 4 nitrogen and oxygen atoms in total. The normalized spacial score (nSPS) is 19.5. The third-order valence-corrected chi connectivity index (χ3v) is 3.20. The molecule has 0 amide bonds. The molecule has 1 fully saturated rings. The highest BCUT2D eigenvalue weighted by atomic mass is 35.5. The highest BCUT2D eigenvalue weighted by Gasteiger charge is 2.13. The summed E-state index contributed by atoms with van der Waals surface area (Å²) in [6, 6.07) is 2.28. The van der Waals surface area contributed by atoms with Crippen molar-refractivity contribution in [1.29, 1.82) is 0 Å². The first-order valence-corrected chi connectivity index (χ1v) is 6.84. The van der Waals surface area contributed by atoms with Crippen molar-refractivity contribution in [1.82, 2.24) is 15.3 Å². The van der Waals surface area contributed by atoms with Crippen LogP contribution in [0.15, 0.2) is 17.4 Å². The lowest BCUT2D eigenvalue weighted by molar-refractivity contribution is 0.230. The van der Waals surface area contributed by atoms with Crippen LogP contribution >= 0.6 is 24.2 Å². The van der Waals surface area contributed by atoms with Gasteiger partial charge in [0.1, 0.15) is 6.61 Å². The van der Waals surface area contributed by atoms with E-state index in [1.165, 1.54) is 31.0 Å². The second-order valence-electron chi connectivity index (χ2n) is 3.84. The van der Waals surface area contributed by atoms with Gasteiger partial charge in [0.2, 0.25) is 5.88 Å². The van der Waals surface area contributed by atoms with E-state index in [-0.39, 0.29) is 12.4 Å². The van der Waals surface area contributed by atoms with E-state index < -0.39 is 0 Å². The lowest BCUT2D eigenvalue weighted by Gasteiger charge is -2.23. The first-order chi connectivity index (χ1) is 7.88. The molecule has 6 heteroatoms. The molecular formula is C11H18ClN3OS. The Labute approximate surface area is 112 Å². The number of hydrogen-bond donors (Lipinski definition) is 1. The van der Waals surface area contributed by atoms with E-state index in [1.54, 1.807) is 6.20 Å². The van der Waals surface area contributed by atoms with E-state index in [1.807, 2.05) is 12.3 Å². The fraction of sp³-hybridized carbons (Fsp3) is 0.636. The van der Waals surface area contributed by atoms with Gasteiger partial charge in [0.15, 0.2) is 5.16 Å². The molecule has 96 valence electrons. The molecule has 1 aromatic heterocycles. The van der Waals surface area contributed by atoms with Gasteiger partial charge in [0.25, 0.3) is 0 Å². The van der Waals surface area contributed by atoms with Crippen molar-refractivity contribution in [3.8, 4) is 5.88 Å². The van der Waals surface area contributed by atoms with Gasteiger partial charge in [-0.2, -0.15) is 4.98 Å². The van der Waals surface area contributed by atoms with E-state index in [0.29, 0.717) is 18.5 Å². The van der Waals surface area contributed by atoms with Gasteiger partial charge in [0.05, 0.1) is 0 Å².